The number of nitrogens with zero attached hydrogens (tertiary/aromatic N) is 6. The van der Waals surface area contributed by atoms with Crippen LogP contribution in [0.25, 0.3) is 16.8 Å². The Balaban J connectivity index is 1.86. The summed E-state index contributed by atoms with van der Waals surface area (Å²) in [5.41, 5.74) is 0.502. The second kappa shape index (κ2) is 9.64. The van der Waals surface area contributed by atoms with Gasteiger partial charge in [-0.1, -0.05) is 0 Å². The van der Waals surface area contributed by atoms with Crippen molar-refractivity contribution in [2.75, 3.05) is 32.3 Å². The van der Waals surface area contributed by atoms with Crippen molar-refractivity contribution < 1.29 is 24.1 Å². The van der Waals surface area contributed by atoms with Crippen LogP contribution in [-0.2, 0) is 9.47 Å². The van der Waals surface area contributed by atoms with Crippen LogP contribution in [-0.4, -0.2) is 140 Å². The molecule has 4 heterocycles. The zero-order valence-electron chi connectivity index (χ0n) is 23.6. The van der Waals surface area contributed by atoms with Gasteiger partial charge in [-0.25, -0.2) is 19.3 Å². The van der Waals surface area contributed by atoms with Gasteiger partial charge in [-0.3, -0.25) is 4.90 Å². The van der Waals surface area contributed by atoms with E-state index in [1.54, 1.807) is 39.0 Å². The smallest absolute Gasteiger partial charge is 0.410 e. The van der Waals surface area contributed by atoms with E-state index in [2.05, 4.69) is 15.0 Å². The number of aromatic nitrogens is 4. The van der Waals surface area contributed by atoms with Crippen LogP contribution in [0.1, 0.15) is 0 Å². The van der Waals surface area contributed by atoms with Crippen molar-refractivity contribution >= 4 is 72.5 Å². The minimum absolute atomic E-state index is 0.0859. The van der Waals surface area contributed by atoms with Crippen molar-refractivity contribution in [3.63, 3.8) is 0 Å². The van der Waals surface area contributed by atoms with Crippen LogP contribution in [0.15, 0.2) is 36.8 Å². The Morgan fingerprint density at radius 3 is 2.37 bits per heavy atom. The highest BCUT2D eigenvalue weighted by molar-refractivity contribution is 6.59. The van der Waals surface area contributed by atoms with Crippen molar-refractivity contribution in [1.29, 1.82) is 0 Å². The van der Waals surface area contributed by atoms with Crippen LogP contribution >= 0.6 is 0 Å². The fraction of sp³-hybridized carbons (Fsp3) is 0.400. The standard InChI is InChI=1S/C20H31B7N6O5/c1-36-8-9-38-16(34)33-18(23,24)17(21,22)32(19(25,26)20(33,27)35)13-5-7-31-14(30-13)12(10-29-31)11-4-3-6-28-15(11)37-2/h3-7,10,35H,8-9,21-27H2,1-2H3. The number of amides is 1. The summed E-state index contributed by atoms with van der Waals surface area (Å²) in [6, 6.07) is 5.61. The highest BCUT2D eigenvalue weighted by atomic mass is 16.6. The Kier molecular flexibility index (Phi) is 7.11. The molecule has 0 aliphatic carbocycles. The van der Waals surface area contributed by atoms with Gasteiger partial charge in [-0.2, -0.15) is 5.10 Å². The molecule has 0 radical (unpaired) electrons. The van der Waals surface area contributed by atoms with Crippen LogP contribution in [0.2, 0.25) is 0 Å². The molecule has 1 amide bonds. The lowest BCUT2D eigenvalue weighted by Gasteiger charge is -2.72. The van der Waals surface area contributed by atoms with Crippen molar-refractivity contribution in [3.05, 3.63) is 36.8 Å². The van der Waals surface area contributed by atoms with Crippen LogP contribution in [0, 0.1) is 0 Å². The molecule has 1 atom stereocenters. The Labute approximate surface area is 228 Å². The van der Waals surface area contributed by atoms with Gasteiger partial charge in [0.15, 0.2) is 13.5 Å². The van der Waals surface area contributed by atoms with E-state index in [1.807, 2.05) is 71.5 Å². The molecule has 0 spiro atoms. The fourth-order valence-corrected chi connectivity index (χ4v) is 5.46. The summed E-state index contributed by atoms with van der Waals surface area (Å²) in [5, 5.41) is 13.9. The van der Waals surface area contributed by atoms with Crippen LogP contribution in [0.4, 0.5) is 10.6 Å². The van der Waals surface area contributed by atoms with E-state index in [-0.39, 0.29) is 13.2 Å². The first-order valence-corrected chi connectivity index (χ1v) is 12.6. The summed E-state index contributed by atoms with van der Waals surface area (Å²) in [6.45, 7) is 0.350. The minimum Gasteiger partial charge on any atom is -0.481 e. The highest BCUT2D eigenvalue weighted by Crippen LogP contribution is 2.45. The summed E-state index contributed by atoms with van der Waals surface area (Å²) in [5.74, 6) is 1.10. The first-order chi connectivity index (χ1) is 17.7. The molecular weight excluding hydrogens is 480 g/mol. The predicted molar refractivity (Wildman–Crippen MR) is 163 cm³/mol. The van der Waals surface area contributed by atoms with E-state index >= 15 is 0 Å². The number of pyridine rings is 1. The minimum atomic E-state index is -1.64. The van der Waals surface area contributed by atoms with Gasteiger partial charge in [0, 0.05) is 30.4 Å². The van der Waals surface area contributed by atoms with Crippen molar-refractivity contribution in [1.82, 2.24) is 24.5 Å². The Morgan fingerprint density at radius 2 is 1.71 bits per heavy atom. The Hall–Kier alpha value is -2.99. The SMILES string of the molecule is BC1(B)N(c2ccn3ncc(-c4cccnc4OC)c3n2)C(B)(B)C(B)(O)N(C(=O)OCCOC)C1(B)B. The quantitative estimate of drug-likeness (QED) is 0.255. The molecule has 0 saturated carbocycles. The number of hydrogen-bond acceptors (Lipinski definition) is 9. The molecule has 1 N–H and O–H groups in total. The van der Waals surface area contributed by atoms with Gasteiger partial charge in [-0.15, -0.1) is 0 Å². The van der Waals surface area contributed by atoms with Crippen molar-refractivity contribution in [2.45, 2.75) is 21.6 Å². The predicted octanol–water partition coefficient (Wildman–Crippen LogP) is -6.26. The number of fused-ring (bicyclic) bond motifs is 1. The largest absolute Gasteiger partial charge is 0.481 e. The number of aliphatic hydroxyl groups is 1. The average molecular weight is 511 g/mol. The fourth-order valence-electron chi connectivity index (χ4n) is 5.46. The third-order valence-corrected chi connectivity index (χ3v) is 8.30. The number of carbonyl (C=O) groups excluding carboxylic acids is 1. The third kappa shape index (κ3) is 4.08. The molecule has 1 unspecified atom stereocenters. The molecule has 4 rings (SSSR count). The lowest BCUT2D eigenvalue weighted by molar-refractivity contribution is -0.0841. The van der Waals surface area contributed by atoms with Crippen LogP contribution in [0.3, 0.4) is 0 Å². The first kappa shape index (κ1) is 28.0. The topological polar surface area (TPSA) is 115 Å². The number of carbonyl (C=O) groups is 1. The van der Waals surface area contributed by atoms with Gasteiger partial charge in [0.25, 0.3) is 0 Å². The molecule has 0 aromatic carbocycles. The lowest BCUT2D eigenvalue weighted by Crippen LogP contribution is -2.92. The molecule has 3 aromatic heterocycles. The number of piperazine rings is 1. The van der Waals surface area contributed by atoms with E-state index in [9.17, 15) is 9.90 Å². The maximum absolute atomic E-state index is 13.3. The first-order valence-electron chi connectivity index (χ1n) is 12.6. The Bertz CT molecular complexity index is 1330. The van der Waals surface area contributed by atoms with E-state index < -0.39 is 27.7 Å². The van der Waals surface area contributed by atoms with Crippen LogP contribution < -0.4 is 9.64 Å². The van der Waals surface area contributed by atoms with E-state index in [4.69, 9.17) is 19.2 Å². The van der Waals surface area contributed by atoms with E-state index in [1.165, 1.54) is 4.90 Å². The van der Waals surface area contributed by atoms with E-state index in [0.29, 0.717) is 17.3 Å². The number of ether oxygens (including phenoxy) is 3. The normalized spacial score (nSPS) is 21.8. The molecule has 1 fully saturated rings. The van der Waals surface area contributed by atoms with Crippen molar-refractivity contribution in [2.24, 2.45) is 0 Å². The Morgan fingerprint density at radius 1 is 1.00 bits per heavy atom. The van der Waals surface area contributed by atoms with E-state index in [0.717, 1.165) is 11.1 Å². The van der Waals surface area contributed by atoms with Gasteiger partial charge in [0.2, 0.25) is 5.88 Å². The second-order valence-corrected chi connectivity index (χ2v) is 11.1. The molecule has 38 heavy (non-hydrogen) atoms. The molecule has 1 aliphatic rings. The molecular formula is C20H31B7N6O5. The highest BCUT2D eigenvalue weighted by Gasteiger charge is 2.65. The molecule has 192 valence electrons. The third-order valence-electron chi connectivity index (χ3n) is 8.30. The monoisotopic (exact) mass is 512 g/mol. The zero-order chi connectivity index (χ0) is 28.1. The van der Waals surface area contributed by atoms with Crippen LogP contribution in [0.5, 0.6) is 5.88 Å². The average Bonchev–Trinajstić information content (AvgIpc) is 3.26. The number of hydrogen-bond donors (Lipinski definition) is 1. The molecule has 18 heteroatoms. The summed E-state index contributed by atoms with van der Waals surface area (Å²) in [7, 11) is 16.5. The number of methoxy groups -OCH3 is 2. The van der Waals surface area contributed by atoms with Crippen molar-refractivity contribution in [3.8, 4) is 17.0 Å². The molecule has 1 saturated heterocycles. The molecule has 1 aliphatic heterocycles. The maximum Gasteiger partial charge on any atom is 0.410 e. The molecule has 0 bridgehead atoms. The lowest BCUT2D eigenvalue weighted by atomic mass is 9.31. The van der Waals surface area contributed by atoms with Gasteiger partial charge < -0.3 is 24.2 Å². The van der Waals surface area contributed by atoms with Gasteiger partial charge in [0.05, 0.1) is 25.5 Å². The summed E-state index contributed by atoms with van der Waals surface area (Å²) in [6.07, 6.45) is 4.63. The molecule has 3 aromatic rings. The zero-order valence-corrected chi connectivity index (χ0v) is 23.6. The number of rotatable bonds is 6. The number of anilines is 1. The second-order valence-electron chi connectivity index (χ2n) is 11.1. The van der Waals surface area contributed by atoms with Gasteiger partial charge >= 0.3 is 6.09 Å². The summed E-state index contributed by atoms with van der Waals surface area (Å²) >= 11 is 0. The van der Waals surface area contributed by atoms with Gasteiger partial charge in [0.1, 0.15) is 65.1 Å². The summed E-state index contributed by atoms with van der Waals surface area (Å²) in [4.78, 5) is 26.2. The van der Waals surface area contributed by atoms with Gasteiger partial charge in [-0.05, 0) is 28.9 Å². The molecule has 11 nitrogen and oxygen atoms in total. The summed E-state index contributed by atoms with van der Waals surface area (Å²) < 4.78 is 17.7. The maximum atomic E-state index is 13.3.